The van der Waals surface area contributed by atoms with Gasteiger partial charge in [-0.15, -0.1) is 12.4 Å². The molecule has 1 aromatic heterocycles. The second kappa shape index (κ2) is 4.94. The van der Waals surface area contributed by atoms with Gasteiger partial charge >= 0.3 is 0 Å². The zero-order valence-electron chi connectivity index (χ0n) is 9.06. The van der Waals surface area contributed by atoms with Crippen LogP contribution >= 0.6 is 24.0 Å². The second-order valence-corrected chi connectivity index (χ2v) is 4.14. The van der Waals surface area contributed by atoms with Gasteiger partial charge in [-0.1, -0.05) is 17.7 Å². The highest BCUT2D eigenvalue weighted by atomic mass is 35.5. The highest BCUT2D eigenvalue weighted by Crippen LogP contribution is 2.22. The number of nitrogens with zero attached hydrogens (tertiary/aromatic N) is 3. The number of benzene rings is 1. The van der Waals surface area contributed by atoms with E-state index in [9.17, 15) is 0 Å². The van der Waals surface area contributed by atoms with Gasteiger partial charge in [-0.3, -0.25) is 9.67 Å². The summed E-state index contributed by atoms with van der Waals surface area (Å²) in [5.74, 6) is 0.991. The third-order valence-corrected chi connectivity index (χ3v) is 3.01. The van der Waals surface area contributed by atoms with Gasteiger partial charge < -0.3 is 5.32 Å². The molecule has 0 spiro atoms. The predicted molar refractivity (Wildman–Crippen MR) is 72.3 cm³/mol. The molecule has 0 bridgehead atoms. The van der Waals surface area contributed by atoms with E-state index in [0.717, 1.165) is 34.9 Å². The minimum atomic E-state index is 0. The maximum absolute atomic E-state index is 6.09. The van der Waals surface area contributed by atoms with Gasteiger partial charge in [0, 0.05) is 11.9 Å². The van der Waals surface area contributed by atoms with Crippen molar-refractivity contribution in [1.29, 1.82) is 0 Å². The van der Waals surface area contributed by atoms with Crippen LogP contribution in [0.5, 0.6) is 0 Å². The van der Waals surface area contributed by atoms with E-state index in [1.165, 1.54) is 0 Å². The van der Waals surface area contributed by atoms with Gasteiger partial charge in [0.25, 0.3) is 0 Å². The molecule has 6 heteroatoms. The summed E-state index contributed by atoms with van der Waals surface area (Å²) in [6.45, 7) is 2.47. The van der Waals surface area contributed by atoms with Gasteiger partial charge in [0.15, 0.2) is 0 Å². The Morgan fingerprint density at radius 1 is 1.41 bits per heavy atom. The molecule has 0 radical (unpaired) electrons. The predicted octanol–water partition coefficient (Wildman–Crippen LogP) is 2.11. The van der Waals surface area contributed by atoms with Crippen LogP contribution in [0, 0.1) is 0 Å². The Hall–Kier alpha value is -1.26. The minimum Gasteiger partial charge on any atom is -0.370 e. The van der Waals surface area contributed by atoms with E-state index in [1.54, 1.807) is 6.20 Å². The van der Waals surface area contributed by atoms with Crippen molar-refractivity contribution in [2.24, 2.45) is 4.99 Å². The highest BCUT2D eigenvalue weighted by Gasteiger charge is 2.09. The Labute approximate surface area is 110 Å². The van der Waals surface area contributed by atoms with Crippen LogP contribution < -0.4 is 5.32 Å². The molecule has 0 aliphatic carbocycles. The third kappa shape index (κ3) is 2.23. The van der Waals surface area contributed by atoms with E-state index in [1.807, 2.05) is 22.9 Å². The van der Waals surface area contributed by atoms with E-state index in [-0.39, 0.29) is 12.4 Å². The molecule has 0 amide bonds. The molecule has 17 heavy (non-hydrogen) atoms. The second-order valence-electron chi connectivity index (χ2n) is 3.73. The molecule has 1 aromatic carbocycles. The molecular weight excluding hydrogens is 259 g/mol. The SMILES string of the molecule is Cl.Clc1cccc2c1cnn2CC1=NCCN1. The van der Waals surface area contributed by atoms with E-state index >= 15 is 0 Å². The molecule has 0 fully saturated rings. The third-order valence-electron chi connectivity index (χ3n) is 2.68. The quantitative estimate of drug-likeness (QED) is 0.909. The topological polar surface area (TPSA) is 42.2 Å². The average molecular weight is 271 g/mol. The van der Waals surface area contributed by atoms with Crippen LogP contribution in [0.4, 0.5) is 0 Å². The van der Waals surface area contributed by atoms with Crippen molar-refractivity contribution in [3.8, 4) is 0 Å². The molecule has 1 aliphatic heterocycles. The molecule has 0 atom stereocenters. The maximum atomic E-state index is 6.09. The van der Waals surface area contributed by atoms with Crippen molar-refractivity contribution in [2.45, 2.75) is 6.54 Å². The molecule has 0 unspecified atom stereocenters. The van der Waals surface area contributed by atoms with Crippen LogP contribution in [-0.2, 0) is 6.54 Å². The summed E-state index contributed by atoms with van der Waals surface area (Å²) in [6, 6.07) is 5.83. The summed E-state index contributed by atoms with van der Waals surface area (Å²) in [4.78, 5) is 4.35. The summed E-state index contributed by atoms with van der Waals surface area (Å²) in [7, 11) is 0. The van der Waals surface area contributed by atoms with E-state index in [4.69, 9.17) is 11.6 Å². The van der Waals surface area contributed by atoms with Gasteiger partial charge in [-0.2, -0.15) is 5.10 Å². The summed E-state index contributed by atoms with van der Waals surface area (Å²) in [5.41, 5.74) is 1.05. The Morgan fingerprint density at radius 2 is 2.29 bits per heavy atom. The Balaban J connectivity index is 0.00000108. The number of aromatic nitrogens is 2. The number of amidine groups is 1. The number of rotatable bonds is 2. The van der Waals surface area contributed by atoms with Gasteiger partial charge in [0.1, 0.15) is 5.84 Å². The number of fused-ring (bicyclic) bond motifs is 1. The Morgan fingerprint density at radius 3 is 3.06 bits per heavy atom. The van der Waals surface area contributed by atoms with Crippen LogP contribution in [0.1, 0.15) is 0 Å². The summed E-state index contributed by atoms with van der Waals surface area (Å²) < 4.78 is 1.92. The van der Waals surface area contributed by atoms with E-state index < -0.39 is 0 Å². The normalized spacial score (nSPS) is 14.3. The van der Waals surface area contributed by atoms with Crippen molar-refractivity contribution in [3.63, 3.8) is 0 Å². The van der Waals surface area contributed by atoms with Crippen molar-refractivity contribution in [2.75, 3.05) is 13.1 Å². The Bertz CT molecular complexity index is 562. The van der Waals surface area contributed by atoms with Crippen LogP contribution in [0.25, 0.3) is 10.9 Å². The standard InChI is InChI=1S/C11H11ClN4.ClH/c12-9-2-1-3-10-8(9)6-15-16(10)7-11-13-4-5-14-11;/h1-3,6H,4-5,7H2,(H,13,14);1H. The Kier molecular flexibility index (Phi) is 3.54. The summed E-state index contributed by atoms with van der Waals surface area (Å²) >= 11 is 6.09. The molecule has 1 N–H and O–H groups in total. The fraction of sp³-hybridized carbons (Fsp3) is 0.273. The van der Waals surface area contributed by atoms with E-state index in [2.05, 4.69) is 15.4 Å². The fourth-order valence-electron chi connectivity index (χ4n) is 1.89. The lowest BCUT2D eigenvalue weighted by Gasteiger charge is -2.04. The van der Waals surface area contributed by atoms with Crippen LogP contribution in [0.15, 0.2) is 29.4 Å². The zero-order chi connectivity index (χ0) is 11.0. The summed E-state index contributed by atoms with van der Waals surface area (Å²) in [6.07, 6.45) is 1.80. The van der Waals surface area contributed by atoms with Gasteiger partial charge in [-0.25, -0.2) is 0 Å². The van der Waals surface area contributed by atoms with Gasteiger partial charge in [0.05, 0.1) is 29.8 Å². The molecule has 90 valence electrons. The van der Waals surface area contributed by atoms with Crippen molar-refractivity contribution in [1.82, 2.24) is 15.1 Å². The number of aliphatic imine (C=N–C) groups is 1. The fourth-order valence-corrected chi connectivity index (χ4v) is 2.11. The molecule has 3 rings (SSSR count). The number of hydrogen-bond donors (Lipinski definition) is 1. The van der Waals surface area contributed by atoms with Gasteiger partial charge in [0.2, 0.25) is 0 Å². The maximum Gasteiger partial charge on any atom is 0.118 e. The number of nitrogens with one attached hydrogen (secondary N) is 1. The molecule has 2 aromatic rings. The molecule has 0 saturated heterocycles. The van der Waals surface area contributed by atoms with E-state index in [0.29, 0.717) is 6.54 Å². The average Bonchev–Trinajstić information content (AvgIpc) is 2.90. The van der Waals surface area contributed by atoms with Gasteiger partial charge in [-0.05, 0) is 12.1 Å². The first-order valence-electron chi connectivity index (χ1n) is 5.22. The minimum absolute atomic E-state index is 0. The molecule has 4 nitrogen and oxygen atoms in total. The first-order chi connectivity index (χ1) is 7.84. The number of halogens is 2. The highest BCUT2D eigenvalue weighted by molar-refractivity contribution is 6.35. The molecular formula is C11H12Cl2N4. The molecule has 1 aliphatic rings. The lowest BCUT2D eigenvalue weighted by molar-refractivity contribution is 0.739. The number of hydrogen-bond acceptors (Lipinski definition) is 3. The van der Waals surface area contributed by atoms with Crippen molar-refractivity contribution < 1.29 is 0 Å². The van der Waals surface area contributed by atoms with Crippen LogP contribution in [0.3, 0.4) is 0 Å². The lowest BCUT2D eigenvalue weighted by Crippen LogP contribution is -2.24. The lowest BCUT2D eigenvalue weighted by atomic mass is 10.2. The van der Waals surface area contributed by atoms with Crippen molar-refractivity contribution in [3.05, 3.63) is 29.4 Å². The monoisotopic (exact) mass is 270 g/mol. The smallest absolute Gasteiger partial charge is 0.118 e. The zero-order valence-corrected chi connectivity index (χ0v) is 10.6. The molecule has 0 saturated carbocycles. The van der Waals surface area contributed by atoms with Crippen LogP contribution in [-0.4, -0.2) is 28.7 Å². The summed E-state index contributed by atoms with van der Waals surface area (Å²) in [5, 5.41) is 9.29. The van der Waals surface area contributed by atoms with Crippen molar-refractivity contribution >= 4 is 40.7 Å². The first-order valence-corrected chi connectivity index (χ1v) is 5.59. The largest absolute Gasteiger partial charge is 0.370 e. The van der Waals surface area contributed by atoms with Crippen LogP contribution in [0.2, 0.25) is 5.02 Å². The molecule has 2 heterocycles. The first kappa shape index (κ1) is 12.2.